The van der Waals surface area contributed by atoms with Gasteiger partial charge in [-0.2, -0.15) is 0 Å². The fourth-order valence-corrected chi connectivity index (χ4v) is 3.33. The van der Waals surface area contributed by atoms with Gasteiger partial charge in [-0.25, -0.2) is 0 Å². The van der Waals surface area contributed by atoms with Crippen molar-refractivity contribution in [2.24, 2.45) is 5.92 Å². The lowest BCUT2D eigenvalue weighted by atomic mass is 9.91. The lowest BCUT2D eigenvalue weighted by Crippen LogP contribution is -2.49. The van der Waals surface area contributed by atoms with E-state index < -0.39 is 6.10 Å². The standard InChI is InChI=1S/C16H23NO2/c1-2-12-7-9-17(10-8-12)14-11-19-15-6-4-3-5-13(15)16(14)18/h3-6,12,14,16,18H,2,7-11H2,1H3. The van der Waals surface area contributed by atoms with Gasteiger partial charge in [0.1, 0.15) is 18.5 Å². The van der Waals surface area contributed by atoms with Gasteiger partial charge < -0.3 is 9.84 Å². The van der Waals surface area contributed by atoms with E-state index in [2.05, 4.69) is 11.8 Å². The Labute approximate surface area is 115 Å². The Hall–Kier alpha value is -1.06. The highest BCUT2D eigenvalue weighted by molar-refractivity contribution is 5.37. The van der Waals surface area contributed by atoms with Gasteiger partial charge in [-0.3, -0.25) is 4.90 Å². The largest absolute Gasteiger partial charge is 0.491 e. The second-order valence-electron chi connectivity index (χ2n) is 5.75. The van der Waals surface area contributed by atoms with E-state index in [1.165, 1.54) is 19.3 Å². The lowest BCUT2D eigenvalue weighted by molar-refractivity contribution is -0.0110. The smallest absolute Gasteiger partial charge is 0.125 e. The molecule has 1 fully saturated rings. The average Bonchev–Trinajstić information content (AvgIpc) is 2.48. The summed E-state index contributed by atoms with van der Waals surface area (Å²) in [6, 6.07) is 7.96. The van der Waals surface area contributed by atoms with Crippen molar-refractivity contribution in [2.75, 3.05) is 19.7 Å². The molecular formula is C16H23NO2. The molecule has 0 spiro atoms. The molecule has 1 aromatic rings. The van der Waals surface area contributed by atoms with Crippen LogP contribution in [-0.4, -0.2) is 35.7 Å². The number of piperidine rings is 1. The Bertz CT molecular complexity index is 427. The lowest BCUT2D eigenvalue weighted by Gasteiger charge is -2.41. The molecule has 1 saturated heterocycles. The number of hydrogen-bond acceptors (Lipinski definition) is 3. The van der Waals surface area contributed by atoms with E-state index in [1.54, 1.807) is 0 Å². The fourth-order valence-electron chi connectivity index (χ4n) is 3.33. The molecule has 2 heterocycles. The zero-order valence-electron chi connectivity index (χ0n) is 11.6. The normalized spacial score (nSPS) is 28.7. The maximum absolute atomic E-state index is 10.6. The van der Waals surface area contributed by atoms with Gasteiger partial charge in [0.05, 0.1) is 6.04 Å². The number of fused-ring (bicyclic) bond motifs is 1. The second-order valence-corrected chi connectivity index (χ2v) is 5.75. The van der Waals surface area contributed by atoms with Crippen LogP contribution < -0.4 is 4.74 Å². The number of benzene rings is 1. The third-order valence-corrected chi connectivity index (χ3v) is 4.71. The maximum Gasteiger partial charge on any atom is 0.125 e. The monoisotopic (exact) mass is 261 g/mol. The molecule has 2 aliphatic heterocycles. The Kier molecular flexibility index (Phi) is 3.76. The van der Waals surface area contributed by atoms with Crippen LogP contribution in [0.4, 0.5) is 0 Å². The minimum Gasteiger partial charge on any atom is -0.491 e. The predicted molar refractivity (Wildman–Crippen MR) is 75.3 cm³/mol. The van der Waals surface area contributed by atoms with Crippen LogP contribution in [0.15, 0.2) is 24.3 Å². The number of aliphatic hydroxyl groups excluding tert-OH is 1. The summed E-state index contributed by atoms with van der Waals surface area (Å²) in [4.78, 5) is 2.41. The van der Waals surface area contributed by atoms with Crippen molar-refractivity contribution >= 4 is 0 Å². The Balaban J connectivity index is 1.71. The van der Waals surface area contributed by atoms with Crippen LogP contribution in [0.2, 0.25) is 0 Å². The highest BCUT2D eigenvalue weighted by atomic mass is 16.5. The number of ether oxygens (including phenoxy) is 1. The van der Waals surface area contributed by atoms with E-state index in [-0.39, 0.29) is 6.04 Å². The van der Waals surface area contributed by atoms with Crippen LogP contribution in [0.3, 0.4) is 0 Å². The average molecular weight is 261 g/mol. The number of likely N-dealkylation sites (tertiary alicyclic amines) is 1. The van der Waals surface area contributed by atoms with E-state index in [0.29, 0.717) is 6.61 Å². The van der Waals surface area contributed by atoms with E-state index in [1.807, 2.05) is 24.3 Å². The van der Waals surface area contributed by atoms with Gasteiger partial charge in [-0.1, -0.05) is 31.5 Å². The molecule has 0 aromatic heterocycles. The minimum absolute atomic E-state index is 0.118. The molecule has 3 heteroatoms. The van der Waals surface area contributed by atoms with Gasteiger partial charge in [0, 0.05) is 5.56 Å². The topological polar surface area (TPSA) is 32.7 Å². The van der Waals surface area contributed by atoms with Crippen molar-refractivity contribution in [3.63, 3.8) is 0 Å². The van der Waals surface area contributed by atoms with E-state index >= 15 is 0 Å². The molecule has 0 amide bonds. The molecule has 1 N–H and O–H groups in total. The van der Waals surface area contributed by atoms with E-state index in [9.17, 15) is 5.11 Å². The summed E-state index contributed by atoms with van der Waals surface area (Å²) < 4.78 is 5.81. The molecule has 3 nitrogen and oxygen atoms in total. The summed E-state index contributed by atoms with van der Waals surface area (Å²) in [5.41, 5.74) is 0.941. The fraction of sp³-hybridized carbons (Fsp3) is 0.625. The molecule has 2 unspecified atom stereocenters. The molecule has 104 valence electrons. The zero-order chi connectivity index (χ0) is 13.2. The second kappa shape index (κ2) is 5.51. The highest BCUT2D eigenvalue weighted by Gasteiger charge is 2.34. The predicted octanol–water partition coefficient (Wildman–Crippen LogP) is 2.60. The molecule has 0 saturated carbocycles. The van der Waals surface area contributed by atoms with Gasteiger partial charge >= 0.3 is 0 Å². The third kappa shape index (κ3) is 2.49. The Morgan fingerprint density at radius 1 is 1.26 bits per heavy atom. The van der Waals surface area contributed by atoms with Crippen LogP contribution in [0.1, 0.15) is 37.9 Å². The molecule has 19 heavy (non-hydrogen) atoms. The quantitative estimate of drug-likeness (QED) is 0.888. The zero-order valence-corrected chi connectivity index (χ0v) is 11.6. The van der Waals surface area contributed by atoms with Crippen molar-refractivity contribution in [3.8, 4) is 5.75 Å². The third-order valence-electron chi connectivity index (χ3n) is 4.71. The number of hydrogen-bond donors (Lipinski definition) is 1. The van der Waals surface area contributed by atoms with Gasteiger partial charge in [-0.15, -0.1) is 0 Å². The summed E-state index contributed by atoms with van der Waals surface area (Å²) in [6.45, 7) is 5.06. The SMILES string of the molecule is CCC1CCN(C2COc3ccccc3C2O)CC1. The van der Waals surface area contributed by atoms with Crippen LogP contribution in [-0.2, 0) is 0 Å². The molecule has 0 aliphatic carbocycles. The van der Waals surface area contributed by atoms with E-state index in [4.69, 9.17) is 4.74 Å². The number of aliphatic hydroxyl groups is 1. The summed E-state index contributed by atoms with van der Waals surface area (Å²) in [7, 11) is 0. The van der Waals surface area contributed by atoms with Crippen molar-refractivity contribution in [2.45, 2.75) is 38.3 Å². The van der Waals surface area contributed by atoms with Crippen molar-refractivity contribution in [1.82, 2.24) is 4.90 Å². The minimum atomic E-state index is -0.414. The molecule has 1 aromatic carbocycles. The molecule has 0 radical (unpaired) electrons. The van der Waals surface area contributed by atoms with Gasteiger partial charge in [-0.05, 0) is 37.9 Å². The summed E-state index contributed by atoms with van der Waals surface area (Å²) >= 11 is 0. The molecule has 0 bridgehead atoms. The van der Waals surface area contributed by atoms with Crippen LogP contribution in [0.25, 0.3) is 0 Å². The van der Waals surface area contributed by atoms with Crippen molar-refractivity contribution in [1.29, 1.82) is 0 Å². The number of rotatable bonds is 2. The van der Waals surface area contributed by atoms with Crippen molar-refractivity contribution in [3.05, 3.63) is 29.8 Å². The van der Waals surface area contributed by atoms with Crippen LogP contribution in [0.5, 0.6) is 5.75 Å². The first kappa shape index (κ1) is 12.9. The molecule has 3 rings (SSSR count). The van der Waals surface area contributed by atoms with Gasteiger partial charge in [0.15, 0.2) is 0 Å². The van der Waals surface area contributed by atoms with Gasteiger partial charge in [0.2, 0.25) is 0 Å². The molecular weight excluding hydrogens is 238 g/mol. The Morgan fingerprint density at radius 3 is 2.74 bits per heavy atom. The maximum atomic E-state index is 10.6. The first-order chi connectivity index (χ1) is 9.29. The van der Waals surface area contributed by atoms with Crippen LogP contribution in [0, 0.1) is 5.92 Å². The van der Waals surface area contributed by atoms with Gasteiger partial charge in [0.25, 0.3) is 0 Å². The summed E-state index contributed by atoms with van der Waals surface area (Å²) in [5, 5.41) is 10.6. The molecule has 2 aliphatic rings. The van der Waals surface area contributed by atoms with Crippen LogP contribution >= 0.6 is 0 Å². The number of para-hydroxylation sites is 1. The first-order valence-corrected chi connectivity index (χ1v) is 7.43. The summed E-state index contributed by atoms with van der Waals surface area (Å²) in [5.74, 6) is 1.71. The molecule has 2 atom stereocenters. The Morgan fingerprint density at radius 2 is 2.00 bits per heavy atom. The number of nitrogens with zero attached hydrogens (tertiary/aromatic N) is 1. The van der Waals surface area contributed by atoms with Crippen molar-refractivity contribution < 1.29 is 9.84 Å². The summed E-state index contributed by atoms with van der Waals surface area (Å²) in [6.07, 6.45) is 3.37. The first-order valence-electron chi connectivity index (χ1n) is 7.43. The highest BCUT2D eigenvalue weighted by Crippen LogP contribution is 2.35. The van der Waals surface area contributed by atoms with E-state index in [0.717, 1.165) is 30.3 Å².